The van der Waals surface area contributed by atoms with Crippen molar-refractivity contribution in [3.63, 3.8) is 0 Å². The molecular formula is C18H24N2O4. The van der Waals surface area contributed by atoms with Crippen molar-refractivity contribution in [3.8, 4) is 0 Å². The molecule has 1 aromatic carbocycles. The summed E-state index contributed by atoms with van der Waals surface area (Å²) in [5.41, 5.74) is 1.35. The largest absolute Gasteiger partial charge is 0.377 e. The van der Waals surface area contributed by atoms with Crippen LogP contribution in [0.5, 0.6) is 0 Å². The Morgan fingerprint density at radius 3 is 2.83 bits per heavy atom. The summed E-state index contributed by atoms with van der Waals surface area (Å²) in [6.07, 6.45) is 8.89. The first-order chi connectivity index (χ1) is 11.7. The third-order valence-corrected chi connectivity index (χ3v) is 4.50. The zero-order valence-corrected chi connectivity index (χ0v) is 13.9. The molecule has 0 radical (unpaired) electrons. The summed E-state index contributed by atoms with van der Waals surface area (Å²) in [5.74, 6) is 0. The predicted molar refractivity (Wildman–Crippen MR) is 91.3 cm³/mol. The predicted octanol–water partition coefficient (Wildman–Crippen LogP) is 3.70. The van der Waals surface area contributed by atoms with E-state index in [0.717, 1.165) is 32.4 Å². The van der Waals surface area contributed by atoms with E-state index in [9.17, 15) is 10.1 Å². The summed E-state index contributed by atoms with van der Waals surface area (Å²) < 4.78 is 11.3. The van der Waals surface area contributed by atoms with Gasteiger partial charge in [-0.05, 0) is 56.5 Å². The van der Waals surface area contributed by atoms with Gasteiger partial charge < -0.3 is 14.4 Å². The molecule has 0 N–H and O–H groups in total. The van der Waals surface area contributed by atoms with Crippen molar-refractivity contribution in [2.24, 2.45) is 0 Å². The zero-order chi connectivity index (χ0) is 16.8. The Hall–Kier alpha value is -1.92. The van der Waals surface area contributed by atoms with E-state index in [-0.39, 0.29) is 23.5 Å². The van der Waals surface area contributed by atoms with Crippen LogP contribution in [0.3, 0.4) is 0 Å². The smallest absolute Gasteiger partial charge is 0.282 e. The number of ether oxygens (including phenoxy) is 2. The van der Waals surface area contributed by atoms with Crippen molar-refractivity contribution in [2.75, 3.05) is 19.7 Å². The van der Waals surface area contributed by atoms with Gasteiger partial charge in [0.1, 0.15) is 0 Å². The summed E-state index contributed by atoms with van der Waals surface area (Å²) in [7, 11) is 0. The van der Waals surface area contributed by atoms with Crippen LogP contribution in [0.4, 0.5) is 5.69 Å². The van der Waals surface area contributed by atoms with Crippen molar-refractivity contribution in [3.05, 3.63) is 45.6 Å². The number of hydrogen-bond donors (Lipinski definition) is 0. The van der Waals surface area contributed by atoms with Crippen LogP contribution in [-0.2, 0) is 16.1 Å². The van der Waals surface area contributed by atoms with E-state index in [4.69, 9.17) is 9.47 Å². The van der Waals surface area contributed by atoms with E-state index in [1.54, 1.807) is 12.1 Å². The molecule has 0 amide bonds. The van der Waals surface area contributed by atoms with E-state index in [1.807, 2.05) is 18.3 Å². The molecule has 6 nitrogen and oxygen atoms in total. The van der Waals surface area contributed by atoms with Gasteiger partial charge in [0.15, 0.2) is 6.29 Å². The molecule has 2 saturated heterocycles. The number of nitro groups is 1. The molecular weight excluding hydrogens is 308 g/mol. The normalized spacial score (nSPS) is 21.5. The second kappa shape index (κ2) is 8.26. The lowest BCUT2D eigenvalue weighted by Gasteiger charge is -2.22. The molecule has 0 saturated carbocycles. The van der Waals surface area contributed by atoms with E-state index in [0.29, 0.717) is 17.7 Å². The van der Waals surface area contributed by atoms with Crippen molar-refractivity contribution in [1.82, 2.24) is 4.90 Å². The molecule has 0 spiro atoms. The second-order valence-electron chi connectivity index (χ2n) is 6.28. The fraction of sp³-hybridized carbons (Fsp3) is 0.556. The lowest BCUT2D eigenvalue weighted by atomic mass is 10.1. The van der Waals surface area contributed by atoms with E-state index in [2.05, 4.69) is 4.90 Å². The summed E-state index contributed by atoms with van der Waals surface area (Å²) in [4.78, 5) is 13.4. The molecule has 0 bridgehead atoms. The molecule has 6 heteroatoms. The summed E-state index contributed by atoms with van der Waals surface area (Å²) in [5, 5.41) is 11.6. The Kier molecular flexibility index (Phi) is 5.82. The Balaban J connectivity index is 1.72. The number of para-hydroxylation sites is 1. The Morgan fingerprint density at radius 1 is 1.29 bits per heavy atom. The number of hydrogen-bond acceptors (Lipinski definition) is 5. The van der Waals surface area contributed by atoms with Crippen LogP contribution in [0.15, 0.2) is 24.4 Å². The Labute approximate surface area is 142 Å². The molecule has 130 valence electrons. The SMILES string of the molecule is O=[N+]([O-])c1c(/C=C/N2CCCC2)cccc1COC1CCCCO1. The highest BCUT2D eigenvalue weighted by Crippen LogP contribution is 2.27. The van der Waals surface area contributed by atoms with Crippen LogP contribution in [-0.4, -0.2) is 35.8 Å². The number of rotatable bonds is 6. The maximum atomic E-state index is 11.6. The second-order valence-corrected chi connectivity index (χ2v) is 6.28. The van der Waals surface area contributed by atoms with Crippen LogP contribution in [0.25, 0.3) is 6.08 Å². The van der Waals surface area contributed by atoms with Gasteiger partial charge in [0.05, 0.1) is 22.7 Å². The van der Waals surface area contributed by atoms with Crippen LogP contribution in [0.2, 0.25) is 0 Å². The number of nitrogens with zero attached hydrogens (tertiary/aromatic N) is 2. The lowest BCUT2D eigenvalue weighted by molar-refractivity contribution is -0.386. The minimum absolute atomic E-state index is 0.128. The third kappa shape index (κ3) is 4.33. The highest BCUT2D eigenvalue weighted by Gasteiger charge is 2.21. The first-order valence-corrected chi connectivity index (χ1v) is 8.66. The fourth-order valence-corrected chi connectivity index (χ4v) is 3.19. The van der Waals surface area contributed by atoms with Crippen molar-refractivity contribution in [1.29, 1.82) is 0 Å². The topological polar surface area (TPSA) is 64.8 Å². The zero-order valence-electron chi connectivity index (χ0n) is 13.9. The molecule has 0 aromatic heterocycles. The minimum Gasteiger partial charge on any atom is -0.377 e. The van der Waals surface area contributed by atoms with Crippen LogP contribution in [0, 0.1) is 10.1 Å². The molecule has 2 heterocycles. The molecule has 24 heavy (non-hydrogen) atoms. The van der Waals surface area contributed by atoms with Gasteiger partial charge in [-0.2, -0.15) is 0 Å². The van der Waals surface area contributed by atoms with Gasteiger partial charge in [0.2, 0.25) is 0 Å². The number of benzene rings is 1. The minimum atomic E-state index is -0.315. The van der Waals surface area contributed by atoms with Gasteiger partial charge in [-0.25, -0.2) is 0 Å². The van der Waals surface area contributed by atoms with Crippen LogP contribution in [0.1, 0.15) is 43.2 Å². The van der Waals surface area contributed by atoms with Crippen LogP contribution < -0.4 is 0 Å². The molecule has 1 aromatic rings. The molecule has 2 aliphatic heterocycles. The van der Waals surface area contributed by atoms with E-state index < -0.39 is 0 Å². The standard InChI is InChI=1S/C18H24N2O4/c21-20(22)18-15(9-12-19-10-2-3-11-19)6-5-7-16(18)14-24-17-8-1-4-13-23-17/h5-7,9,12,17H,1-4,8,10-11,13-14H2/b12-9+. The Morgan fingerprint density at radius 2 is 2.12 bits per heavy atom. The van der Waals surface area contributed by atoms with E-state index in [1.165, 1.54) is 12.8 Å². The number of likely N-dealkylation sites (tertiary alicyclic amines) is 1. The maximum Gasteiger partial charge on any atom is 0.282 e. The quantitative estimate of drug-likeness (QED) is 0.587. The molecule has 3 rings (SSSR count). The van der Waals surface area contributed by atoms with Crippen molar-refractivity contribution >= 4 is 11.8 Å². The van der Waals surface area contributed by atoms with E-state index >= 15 is 0 Å². The monoisotopic (exact) mass is 332 g/mol. The third-order valence-electron chi connectivity index (χ3n) is 4.50. The maximum absolute atomic E-state index is 11.6. The highest BCUT2D eigenvalue weighted by atomic mass is 16.7. The fourth-order valence-electron chi connectivity index (χ4n) is 3.19. The van der Waals surface area contributed by atoms with Crippen molar-refractivity contribution < 1.29 is 14.4 Å². The van der Waals surface area contributed by atoms with Gasteiger partial charge in [-0.1, -0.05) is 6.07 Å². The average molecular weight is 332 g/mol. The lowest BCUT2D eigenvalue weighted by Crippen LogP contribution is -2.22. The van der Waals surface area contributed by atoms with Crippen LogP contribution >= 0.6 is 0 Å². The van der Waals surface area contributed by atoms with Gasteiger partial charge in [0, 0.05) is 19.7 Å². The van der Waals surface area contributed by atoms with Gasteiger partial charge in [-0.15, -0.1) is 0 Å². The van der Waals surface area contributed by atoms with Crippen molar-refractivity contribution in [2.45, 2.75) is 45.0 Å². The van der Waals surface area contributed by atoms with Gasteiger partial charge in [0.25, 0.3) is 5.69 Å². The Bertz CT molecular complexity index is 591. The van der Waals surface area contributed by atoms with Gasteiger partial charge >= 0.3 is 0 Å². The highest BCUT2D eigenvalue weighted by molar-refractivity contribution is 5.63. The molecule has 2 aliphatic rings. The summed E-state index contributed by atoms with van der Waals surface area (Å²) in [6, 6.07) is 5.39. The molecule has 1 atom stereocenters. The van der Waals surface area contributed by atoms with Gasteiger partial charge in [-0.3, -0.25) is 10.1 Å². The first kappa shape index (κ1) is 16.9. The average Bonchev–Trinajstić information content (AvgIpc) is 3.12. The number of nitro benzene ring substituents is 1. The molecule has 2 fully saturated rings. The molecule has 1 unspecified atom stereocenters. The summed E-state index contributed by atoms with van der Waals surface area (Å²) in [6.45, 7) is 2.94. The molecule has 0 aliphatic carbocycles. The first-order valence-electron chi connectivity index (χ1n) is 8.66. The summed E-state index contributed by atoms with van der Waals surface area (Å²) >= 11 is 0.